The highest BCUT2D eigenvalue weighted by molar-refractivity contribution is 5.80. The summed E-state index contributed by atoms with van der Waals surface area (Å²) in [7, 11) is 0. The smallest absolute Gasteiger partial charge is 0.231 e. The van der Waals surface area contributed by atoms with E-state index in [0.29, 0.717) is 44.8 Å². The molecule has 2 aliphatic heterocycles. The molecule has 25 heavy (non-hydrogen) atoms. The van der Waals surface area contributed by atoms with Crippen molar-refractivity contribution >= 4 is 11.8 Å². The first-order valence-electron chi connectivity index (χ1n) is 8.76. The molecule has 1 aromatic rings. The van der Waals surface area contributed by atoms with Gasteiger partial charge in [0, 0.05) is 32.6 Å². The normalized spacial score (nSPS) is 16.9. The minimum absolute atomic E-state index is 0.0105. The lowest BCUT2D eigenvalue weighted by molar-refractivity contribution is -0.140. The second-order valence-electron chi connectivity index (χ2n) is 7.86. The van der Waals surface area contributed by atoms with Crippen molar-refractivity contribution in [3.63, 3.8) is 0 Å². The van der Waals surface area contributed by atoms with Gasteiger partial charge in [0.15, 0.2) is 11.5 Å². The molecule has 1 fully saturated rings. The Morgan fingerprint density at radius 3 is 2.20 bits per heavy atom. The van der Waals surface area contributed by atoms with Crippen LogP contribution in [0, 0.1) is 5.41 Å². The highest BCUT2D eigenvalue weighted by Gasteiger charge is 2.27. The lowest BCUT2D eigenvalue weighted by Gasteiger charge is -2.36. The van der Waals surface area contributed by atoms with Crippen LogP contribution in [0.4, 0.5) is 0 Å². The van der Waals surface area contributed by atoms with E-state index in [-0.39, 0.29) is 24.0 Å². The van der Waals surface area contributed by atoms with Crippen molar-refractivity contribution < 1.29 is 19.1 Å². The molecule has 1 saturated heterocycles. The van der Waals surface area contributed by atoms with Crippen molar-refractivity contribution in [2.45, 2.75) is 33.6 Å². The second kappa shape index (κ2) is 6.94. The number of carbonyl (C=O) groups excluding carboxylic acids is 2. The quantitative estimate of drug-likeness (QED) is 0.841. The molecule has 1 aromatic carbocycles. The maximum atomic E-state index is 12.5. The molecule has 3 rings (SSSR count). The van der Waals surface area contributed by atoms with Crippen molar-refractivity contribution in [3.8, 4) is 11.5 Å². The van der Waals surface area contributed by atoms with Crippen LogP contribution >= 0.6 is 0 Å². The zero-order valence-corrected chi connectivity index (χ0v) is 15.2. The molecule has 0 radical (unpaired) electrons. The van der Waals surface area contributed by atoms with E-state index in [1.807, 2.05) is 28.0 Å². The summed E-state index contributed by atoms with van der Waals surface area (Å²) in [5.41, 5.74) is 0.907. The minimum atomic E-state index is -0.0105. The predicted molar refractivity (Wildman–Crippen MR) is 93.5 cm³/mol. The molecule has 0 bridgehead atoms. The number of ether oxygens (including phenoxy) is 2. The fraction of sp³-hybridized carbons (Fsp3) is 0.579. The fourth-order valence-electron chi connectivity index (χ4n) is 3.11. The van der Waals surface area contributed by atoms with Gasteiger partial charge in [-0.15, -0.1) is 0 Å². The molecule has 2 heterocycles. The highest BCUT2D eigenvalue weighted by Crippen LogP contribution is 2.32. The molecular weight excluding hydrogens is 320 g/mol. The monoisotopic (exact) mass is 346 g/mol. The van der Waals surface area contributed by atoms with E-state index in [1.165, 1.54) is 0 Å². The number of fused-ring (bicyclic) bond motifs is 1. The van der Waals surface area contributed by atoms with Crippen LogP contribution in [0.15, 0.2) is 18.2 Å². The Morgan fingerprint density at radius 2 is 1.56 bits per heavy atom. The van der Waals surface area contributed by atoms with Gasteiger partial charge in [-0.1, -0.05) is 26.8 Å². The molecular formula is C19H26N2O4. The van der Waals surface area contributed by atoms with Crippen LogP contribution in [0.25, 0.3) is 0 Å². The van der Waals surface area contributed by atoms with Crippen molar-refractivity contribution in [2.24, 2.45) is 5.41 Å². The largest absolute Gasteiger partial charge is 0.454 e. The maximum absolute atomic E-state index is 12.5. The summed E-state index contributed by atoms with van der Waals surface area (Å²) in [5.74, 6) is 1.68. The van der Waals surface area contributed by atoms with Crippen LogP contribution in [-0.2, 0) is 16.0 Å². The minimum Gasteiger partial charge on any atom is -0.454 e. The number of carbonyl (C=O) groups is 2. The van der Waals surface area contributed by atoms with Gasteiger partial charge in [-0.05, 0) is 23.1 Å². The van der Waals surface area contributed by atoms with Gasteiger partial charge >= 0.3 is 0 Å². The molecule has 2 aliphatic rings. The van der Waals surface area contributed by atoms with Gasteiger partial charge in [-0.2, -0.15) is 0 Å². The van der Waals surface area contributed by atoms with Crippen molar-refractivity contribution in [1.82, 2.24) is 9.80 Å². The standard InChI is InChI=1S/C19H26N2O4/c1-19(2,3)12-18(23)21-8-6-20(7-9-21)17(22)11-14-4-5-15-16(10-14)25-13-24-15/h4-5,10H,6-9,11-13H2,1-3H3. The van der Waals surface area contributed by atoms with E-state index in [2.05, 4.69) is 20.8 Å². The molecule has 6 heteroatoms. The van der Waals surface area contributed by atoms with Gasteiger partial charge < -0.3 is 19.3 Å². The van der Waals surface area contributed by atoms with Gasteiger partial charge in [-0.25, -0.2) is 0 Å². The van der Waals surface area contributed by atoms with E-state index in [0.717, 1.165) is 11.3 Å². The number of amides is 2. The van der Waals surface area contributed by atoms with Crippen LogP contribution < -0.4 is 9.47 Å². The molecule has 0 aliphatic carbocycles. The summed E-state index contributed by atoms with van der Waals surface area (Å²) in [6.07, 6.45) is 0.880. The zero-order valence-electron chi connectivity index (χ0n) is 15.2. The summed E-state index contributed by atoms with van der Waals surface area (Å²) < 4.78 is 10.6. The third-order valence-electron chi connectivity index (χ3n) is 4.46. The topological polar surface area (TPSA) is 59.1 Å². The number of piperazine rings is 1. The molecule has 0 unspecified atom stereocenters. The lowest BCUT2D eigenvalue weighted by atomic mass is 9.91. The molecule has 0 atom stereocenters. The molecule has 0 aromatic heterocycles. The average molecular weight is 346 g/mol. The van der Waals surface area contributed by atoms with Gasteiger partial charge in [0.2, 0.25) is 18.6 Å². The van der Waals surface area contributed by atoms with Gasteiger partial charge in [-0.3, -0.25) is 9.59 Å². The Hall–Kier alpha value is -2.24. The fourth-order valence-corrected chi connectivity index (χ4v) is 3.11. The number of hydrogen-bond acceptors (Lipinski definition) is 4. The number of nitrogens with zero attached hydrogens (tertiary/aromatic N) is 2. The number of hydrogen-bond donors (Lipinski definition) is 0. The molecule has 6 nitrogen and oxygen atoms in total. The molecule has 0 spiro atoms. The third-order valence-corrected chi connectivity index (χ3v) is 4.46. The Bertz CT molecular complexity index is 658. The molecule has 0 saturated carbocycles. The summed E-state index contributed by atoms with van der Waals surface area (Å²) in [6, 6.07) is 5.60. The highest BCUT2D eigenvalue weighted by atomic mass is 16.7. The van der Waals surface area contributed by atoms with Gasteiger partial charge in [0.1, 0.15) is 0 Å². The van der Waals surface area contributed by atoms with E-state index >= 15 is 0 Å². The SMILES string of the molecule is CC(C)(C)CC(=O)N1CCN(C(=O)Cc2ccc3c(c2)OCO3)CC1. The Labute approximate surface area is 148 Å². The first kappa shape index (κ1) is 17.6. The van der Waals surface area contributed by atoms with Crippen molar-refractivity contribution in [3.05, 3.63) is 23.8 Å². The first-order chi connectivity index (χ1) is 11.8. The third kappa shape index (κ3) is 4.44. The average Bonchev–Trinajstić information content (AvgIpc) is 3.01. The summed E-state index contributed by atoms with van der Waals surface area (Å²) in [6.45, 7) is 8.85. The Kier molecular flexibility index (Phi) is 4.88. The van der Waals surface area contributed by atoms with E-state index in [1.54, 1.807) is 0 Å². The van der Waals surface area contributed by atoms with E-state index in [4.69, 9.17) is 9.47 Å². The van der Waals surface area contributed by atoms with Crippen LogP contribution in [0.2, 0.25) is 0 Å². The van der Waals surface area contributed by atoms with Gasteiger partial charge in [0.05, 0.1) is 6.42 Å². The Morgan fingerprint density at radius 1 is 0.960 bits per heavy atom. The lowest BCUT2D eigenvalue weighted by Crippen LogP contribution is -2.51. The zero-order chi connectivity index (χ0) is 18.0. The second-order valence-corrected chi connectivity index (χ2v) is 7.86. The van der Waals surface area contributed by atoms with Crippen LogP contribution in [0.3, 0.4) is 0 Å². The summed E-state index contributed by atoms with van der Waals surface area (Å²) in [4.78, 5) is 28.5. The van der Waals surface area contributed by atoms with Crippen molar-refractivity contribution in [1.29, 1.82) is 0 Å². The molecule has 136 valence electrons. The van der Waals surface area contributed by atoms with E-state index < -0.39 is 0 Å². The first-order valence-corrected chi connectivity index (χ1v) is 8.76. The van der Waals surface area contributed by atoms with E-state index in [9.17, 15) is 9.59 Å². The van der Waals surface area contributed by atoms with Crippen LogP contribution in [-0.4, -0.2) is 54.6 Å². The number of benzene rings is 1. The summed E-state index contributed by atoms with van der Waals surface area (Å²) in [5, 5.41) is 0. The maximum Gasteiger partial charge on any atom is 0.231 e. The molecule has 2 amide bonds. The van der Waals surface area contributed by atoms with Gasteiger partial charge in [0.25, 0.3) is 0 Å². The van der Waals surface area contributed by atoms with Crippen LogP contribution in [0.5, 0.6) is 11.5 Å². The predicted octanol–water partition coefficient (Wildman–Crippen LogP) is 2.06. The number of rotatable bonds is 3. The van der Waals surface area contributed by atoms with Crippen molar-refractivity contribution in [2.75, 3.05) is 33.0 Å². The molecule has 0 N–H and O–H groups in total. The Balaban J connectivity index is 1.51. The summed E-state index contributed by atoms with van der Waals surface area (Å²) >= 11 is 0. The van der Waals surface area contributed by atoms with Crippen LogP contribution in [0.1, 0.15) is 32.8 Å².